The maximum Gasteiger partial charge on any atom is 0.0679 e. The highest BCUT2D eigenvalue weighted by molar-refractivity contribution is 4.75. The Hall–Kier alpha value is -0.0800. The molecule has 1 aliphatic heterocycles. The van der Waals surface area contributed by atoms with Crippen LogP contribution in [0, 0.1) is 5.41 Å². The molecule has 1 saturated heterocycles. The third-order valence-electron chi connectivity index (χ3n) is 2.43. The molecule has 2 heteroatoms. The first kappa shape index (κ1) is 10.0. The summed E-state index contributed by atoms with van der Waals surface area (Å²) in [6.07, 6.45) is 2.12. The maximum atomic E-state index is 9.29. The van der Waals surface area contributed by atoms with E-state index in [1.807, 2.05) is 0 Å². The molecule has 1 rings (SSSR count). The van der Waals surface area contributed by atoms with Crippen LogP contribution < -0.4 is 0 Å². The van der Waals surface area contributed by atoms with Gasteiger partial charge in [0.05, 0.1) is 6.10 Å². The van der Waals surface area contributed by atoms with Crippen LogP contribution in [0.25, 0.3) is 0 Å². The van der Waals surface area contributed by atoms with Crippen molar-refractivity contribution in [2.45, 2.75) is 39.7 Å². The van der Waals surface area contributed by atoms with Crippen molar-refractivity contribution in [1.82, 2.24) is 4.90 Å². The lowest BCUT2D eigenvalue weighted by molar-refractivity contribution is 0.170. The fourth-order valence-electron chi connectivity index (χ4n) is 1.51. The van der Waals surface area contributed by atoms with E-state index >= 15 is 0 Å². The van der Waals surface area contributed by atoms with Crippen LogP contribution in [0.3, 0.4) is 0 Å². The smallest absolute Gasteiger partial charge is 0.0679 e. The lowest BCUT2D eigenvalue weighted by Gasteiger charge is -2.22. The molecule has 0 aromatic rings. The van der Waals surface area contributed by atoms with Crippen LogP contribution in [0.4, 0.5) is 0 Å². The van der Waals surface area contributed by atoms with Gasteiger partial charge in [-0.05, 0) is 24.8 Å². The second kappa shape index (κ2) is 3.75. The standard InChI is InChI=1S/C10H21NO/c1-10(2,3)5-7-11-6-4-9(12)8-11/h9,12H,4-8H2,1-3H3/t9-/m1/s1. The minimum absolute atomic E-state index is 0.0648. The molecule has 72 valence electrons. The number of hydrogen-bond acceptors (Lipinski definition) is 2. The number of β-amino-alcohol motifs (C(OH)–C–C–N with tert-alkyl or cyclic N) is 1. The Morgan fingerprint density at radius 3 is 2.50 bits per heavy atom. The van der Waals surface area contributed by atoms with Crippen LogP contribution in [-0.2, 0) is 0 Å². The Labute approximate surface area is 75.6 Å². The van der Waals surface area contributed by atoms with Gasteiger partial charge in [0.2, 0.25) is 0 Å². The summed E-state index contributed by atoms with van der Waals surface area (Å²) in [6, 6.07) is 0. The Morgan fingerprint density at radius 1 is 1.42 bits per heavy atom. The Balaban J connectivity index is 2.16. The van der Waals surface area contributed by atoms with Crippen molar-refractivity contribution in [3.05, 3.63) is 0 Å². The van der Waals surface area contributed by atoms with Gasteiger partial charge in [0.15, 0.2) is 0 Å². The normalized spacial score (nSPS) is 26.5. The molecule has 12 heavy (non-hydrogen) atoms. The summed E-state index contributed by atoms with van der Waals surface area (Å²) >= 11 is 0. The fraction of sp³-hybridized carbons (Fsp3) is 1.00. The first-order valence-corrected chi connectivity index (χ1v) is 4.88. The van der Waals surface area contributed by atoms with Crippen molar-refractivity contribution in [3.8, 4) is 0 Å². The monoisotopic (exact) mass is 171 g/mol. The summed E-state index contributed by atoms with van der Waals surface area (Å²) < 4.78 is 0. The van der Waals surface area contributed by atoms with Gasteiger partial charge in [0.25, 0.3) is 0 Å². The molecule has 0 aromatic heterocycles. The predicted octanol–water partition coefficient (Wildman–Crippen LogP) is 1.49. The van der Waals surface area contributed by atoms with E-state index in [4.69, 9.17) is 0 Å². The molecular formula is C10H21NO. The molecule has 0 unspecified atom stereocenters. The molecule has 0 aliphatic carbocycles. The second-order valence-electron chi connectivity index (χ2n) is 5.05. The number of aliphatic hydroxyl groups is 1. The quantitative estimate of drug-likeness (QED) is 0.680. The molecule has 1 N–H and O–H groups in total. The molecule has 1 fully saturated rings. The molecule has 0 aromatic carbocycles. The average Bonchev–Trinajstić information content (AvgIpc) is 2.30. The van der Waals surface area contributed by atoms with Crippen LogP contribution in [0.15, 0.2) is 0 Å². The van der Waals surface area contributed by atoms with E-state index in [1.54, 1.807) is 0 Å². The number of likely N-dealkylation sites (tertiary alicyclic amines) is 1. The zero-order valence-electron chi connectivity index (χ0n) is 8.51. The van der Waals surface area contributed by atoms with Crippen LogP contribution >= 0.6 is 0 Å². The maximum absolute atomic E-state index is 9.29. The van der Waals surface area contributed by atoms with Crippen molar-refractivity contribution in [2.75, 3.05) is 19.6 Å². The van der Waals surface area contributed by atoms with E-state index in [1.165, 1.54) is 6.42 Å². The Morgan fingerprint density at radius 2 is 2.08 bits per heavy atom. The number of nitrogens with zero attached hydrogens (tertiary/aromatic N) is 1. The highest BCUT2D eigenvalue weighted by atomic mass is 16.3. The van der Waals surface area contributed by atoms with E-state index in [0.717, 1.165) is 26.1 Å². The van der Waals surface area contributed by atoms with Crippen LogP contribution in [0.2, 0.25) is 0 Å². The van der Waals surface area contributed by atoms with E-state index in [-0.39, 0.29) is 6.10 Å². The second-order valence-corrected chi connectivity index (χ2v) is 5.05. The van der Waals surface area contributed by atoms with Gasteiger partial charge in [-0.2, -0.15) is 0 Å². The van der Waals surface area contributed by atoms with Gasteiger partial charge in [-0.3, -0.25) is 0 Å². The van der Waals surface area contributed by atoms with Gasteiger partial charge in [-0.1, -0.05) is 20.8 Å². The molecule has 0 amide bonds. The van der Waals surface area contributed by atoms with Crippen molar-refractivity contribution < 1.29 is 5.11 Å². The number of rotatable bonds is 2. The summed E-state index contributed by atoms with van der Waals surface area (Å²) in [6.45, 7) is 9.90. The largest absolute Gasteiger partial charge is 0.392 e. The fourth-order valence-corrected chi connectivity index (χ4v) is 1.51. The van der Waals surface area contributed by atoms with Crippen molar-refractivity contribution in [3.63, 3.8) is 0 Å². The molecule has 1 heterocycles. The summed E-state index contributed by atoms with van der Waals surface area (Å²) in [5, 5.41) is 9.29. The van der Waals surface area contributed by atoms with Crippen LogP contribution in [-0.4, -0.2) is 35.7 Å². The van der Waals surface area contributed by atoms with Crippen LogP contribution in [0.5, 0.6) is 0 Å². The zero-order chi connectivity index (χ0) is 9.19. The molecule has 1 atom stereocenters. The molecular weight excluding hydrogens is 150 g/mol. The predicted molar refractivity (Wildman–Crippen MR) is 51.1 cm³/mol. The molecule has 2 nitrogen and oxygen atoms in total. The Kier molecular flexibility index (Phi) is 3.13. The number of hydrogen-bond donors (Lipinski definition) is 1. The summed E-state index contributed by atoms with van der Waals surface area (Å²) in [5.41, 5.74) is 0.424. The van der Waals surface area contributed by atoms with Gasteiger partial charge >= 0.3 is 0 Å². The average molecular weight is 171 g/mol. The first-order valence-electron chi connectivity index (χ1n) is 4.88. The van der Waals surface area contributed by atoms with Crippen molar-refractivity contribution >= 4 is 0 Å². The minimum Gasteiger partial charge on any atom is -0.392 e. The molecule has 0 bridgehead atoms. The van der Waals surface area contributed by atoms with Crippen molar-refractivity contribution in [1.29, 1.82) is 0 Å². The first-order chi connectivity index (χ1) is 5.47. The summed E-state index contributed by atoms with van der Waals surface area (Å²) in [7, 11) is 0. The van der Waals surface area contributed by atoms with Crippen molar-refractivity contribution in [2.24, 2.45) is 5.41 Å². The molecule has 0 radical (unpaired) electrons. The van der Waals surface area contributed by atoms with E-state index in [9.17, 15) is 5.11 Å². The minimum atomic E-state index is -0.0648. The Bertz CT molecular complexity index is 139. The van der Waals surface area contributed by atoms with E-state index in [2.05, 4.69) is 25.7 Å². The molecule has 0 spiro atoms. The van der Waals surface area contributed by atoms with Gasteiger partial charge in [0.1, 0.15) is 0 Å². The summed E-state index contributed by atoms with van der Waals surface area (Å²) in [5.74, 6) is 0. The lowest BCUT2D eigenvalue weighted by Crippen LogP contribution is -2.26. The van der Waals surface area contributed by atoms with E-state index < -0.39 is 0 Å². The SMILES string of the molecule is CC(C)(C)CCN1CC[C@@H](O)C1. The molecule has 1 aliphatic rings. The third-order valence-corrected chi connectivity index (χ3v) is 2.43. The van der Waals surface area contributed by atoms with Gasteiger partial charge < -0.3 is 10.0 Å². The van der Waals surface area contributed by atoms with Gasteiger partial charge in [-0.25, -0.2) is 0 Å². The lowest BCUT2D eigenvalue weighted by atomic mass is 9.92. The van der Waals surface area contributed by atoms with Gasteiger partial charge in [0, 0.05) is 13.1 Å². The molecule has 0 saturated carbocycles. The van der Waals surface area contributed by atoms with Crippen LogP contribution in [0.1, 0.15) is 33.6 Å². The highest BCUT2D eigenvalue weighted by Gasteiger charge is 2.21. The third kappa shape index (κ3) is 3.55. The highest BCUT2D eigenvalue weighted by Crippen LogP contribution is 2.20. The van der Waals surface area contributed by atoms with E-state index in [0.29, 0.717) is 5.41 Å². The zero-order valence-corrected chi connectivity index (χ0v) is 8.51. The summed E-state index contributed by atoms with van der Waals surface area (Å²) in [4.78, 5) is 2.36. The topological polar surface area (TPSA) is 23.5 Å². The van der Waals surface area contributed by atoms with Gasteiger partial charge in [-0.15, -0.1) is 0 Å². The number of aliphatic hydroxyl groups excluding tert-OH is 1.